The minimum atomic E-state index is -0.413. The van der Waals surface area contributed by atoms with Crippen molar-refractivity contribution in [1.82, 2.24) is 10.6 Å². The number of nitrogens with one attached hydrogen (secondary N) is 2. The highest BCUT2D eigenvalue weighted by Crippen LogP contribution is 2.14. The Kier molecular flexibility index (Phi) is 3.97. The lowest BCUT2D eigenvalue weighted by Crippen LogP contribution is -2.36. The van der Waals surface area contributed by atoms with Gasteiger partial charge < -0.3 is 15.4 Å². The fraction of sp³-hybridized carbons (Fsp3) is 0.909. The second-order valence-corrected chi connectivity index (χ2v) is 5.28. The minimum Gasteiger partial charge on any atom is -0.444 e. The Bertz CT molecular complexity index is 223. The Morgan fingerprint density at radius 1 is 1.47 bits per heavy atom. The van der Waals surface area contributed by atoms with E-state index in [0.717, 1.165) is 13.1 Å². The lowest BCUT2D eigenvalue weighted by atomic mass is 9.98. The molecule has 2 atom stereocenters. The quantitative estimate of drug-likeness (QED) is 0.730. The van der Waals surface area contributed by atoms with Crippen LogP contribution < -0.4 is 10.6 Å². The highest BCUT2D eigenvalue weighted by molar-refractivity contribution is 5.67. The fourth-order valence-electron chi connectivity index (χ4n) is 1.67. The molecule has 0 aromatic rings. The SMILES string of the molecule is CC1CNC[C@@H]1CNC(=O)OC(C)(C)C. The number of ether oxygens (including phenoxy) is 1. The molecule has 0 saturated carbocycles. The van der Waals surface area contributed by atoms with Crippen LogP contribution in [0.25, 0.3) is 0 Å². The monoisotopic (exact) mass is 214 g/mol. The van der Waals surface area contributed by atoms with Gasteiger partial charge >= 0.3 is 6.09 Å². The van der Waals surface area contributed by atoms with Gasteiger partial charge in [0, 0.05) is 6.54 Å². The lowest BCUT2D eigenvalue weighted by molar-refractivity contribution is 0.0518. The van der Waals surface area contributed by atoms with E-state index in [4.69, 9.17) is 4.74 Å². The van der Waals surface area contributed by atoms with E-state index in [9.17, 15) is 4.79 Å². The Hall–Kier alpha value is -0.770. The predicted octanol–water partition coefficient (Wildman–Crippen LogP) is 1.37. The lowest BCUT2D eigenvalue weighted by Gasteiger charge is -2.21. The van der Waals surface area contributed by atoms with Crippen molar-refractivity contribution in [2.24, 2.45) is 11.8 Å². The van der Waals surface area contributed by atoms with Crippen molar-refractivity contribution in [1.29, 1.82) is 0 Å². The number of hydrogen-bond donors (Lipinski definition) is 2. The van der Waals surface area contributed by atoms with Gasteiger partial charge in [-0.2, -0.15) is 0 Å². The first-order chi connectivity index (χ1) is 6.88. The molecule has 0 aromatic carbocycles. The zero-order valence-electron chi connectivity index (χ0n) is 10.1. The normalized spacial score (nSPS) is 26.4. The van der Waals surface area contributed by atoms with Crippen molar-refractivity contribution in [3.8, 4) is 0 Å². The van der Waals surface area contributed by atoms with Crippen LogP contribution >= 0.6 is 0 Å². The third-order valence-corrected chi connectivity index (χ3v) is 2.59. The van der Waals surface area contributed by atoms with Crippen LogP contribution in [0, 0.1) is 11.8 Å². The largest absolute Gasteiger partial charge is 0.444 e. The molecule has 1 heterocycles. The molecule has 4 nitrogen and oxygen atoms in total. The molecular formula is C11H22N2O2. The van der Waals surface area contributed by atoms with Crippen molar-refractivity contribution in [3.63, 3.8) is 0 Å². The number of rotatable bonds is 2. The Balaban J connectivity index is 2.22. The predicted molar refractivity (Wildman–Crippen MR) is 59.8 cm³/mol. The van der Waals surface area contributed by atoms with Gasteiger partial charge in [-0.25, -0.2) is 4.79 Å². The maximum Gasteiger partial charge on any atom is 0.407 e. The molecule has 2 N–H and O–H groups in total. The second kappa shape index (κ2) is 4.84. The molecule has 1 amide bonds. The van der Waals surface area contributed by atoms with E-state index in [1.54, 1.807) is 0 Å². The Morgan fingerprint density at radius 2 is 2.13 bits per heavy atom. The van der Waals surface area contributed by atoms with Crippen molar-refractivity contribution >= 4 is 6.09 Å². The van der Waals surface area contributed by atoms with Gasteiger partial charge in [0.25, 0.3) is 0 Å². The molecular weight excluding hydrogens is 192 g/mol. The number of alkyl carbamates (subject to hydrolysis) is 1. The molecule has 1 aliphatic rings. The van der Waals surface area contributed by atoms with Crippen LogP contribution in [0.3, 0.4) is 0 Å². The molecule has 1 saturated heterocycles. The summed E-state index contributed by atoms with van der Waals surface area (Å²) in [5, 5.41) is 6.11. The summed E-state index contributed by atoms with van der Waals surface area (Å²) in [7, 11) is 0. The second-order valence-electron chi connectivity index (χ2n) is 5.28. The molecule has 0 spiro atoms. The molecule has 1 aliphatic heterocycles. The van der Waals surface area contributed by atoms with Gasteiger partial charge in [0.2, 0.25) is 0 Å². The zero-order valence-corrected chi connectivity index (χ0v) is 10.1. The fourth-order valence-corrected chi connectivity index (χ4v) is 1.67. The van der Waals surface area contributed by atoms with Gasteiger partial charge in [0.15, 0.2) is 0 Å². The highest BCUT2D eigenvalue weighted by Gasteiger charge is 2.24. The van der Waals surface area contributed by atoms with Gasteiger partial charge in [0.05, 0.1) is 0 Å². The van der Waals surface area contributed by atoms with Crippen LogP contribution in [0.5, 0.6) is 0 Å². The molecule has 1 unspecified atom stereocenters. The van der Waals surface area contributed by atoms with Crippen molar-refractivity contribution in [2.75, 3.05) is 19.6 Å². The van der Waals surface area contributed by atoms with Gasteiger partial charge in [-0.05, 0) is 45.7 Å². The number of hydrogen-bond acceptors (Lipinski definition) is 3. The van der Waals surface area contributed by atoms with Gasteiger partial charge in [0.1, 0.15) is 5.60 Å². The number of amides is 1. The summed E-state index contributed by atoms with van der Waals surface area (Å²) in [6.45, 7) is 10.5. The maximum atomic E-state index is 11.4. The average Bonchev–Trinajstić information content (AvgIpc) is 2.44. The topological polar surface area (TPSA) is 50.4 Å². The number of carbonyl (C=O) groups excluding carboxylic acids is 1. The van der Waals surface area contributed by atoms with E-state index in [1.807, 2.05) is 20.8 Å². The van der Waals surface area contributed by atoms with E-state index in [-0.39, 0.29) is 6.09 Å². The molecule has 4 heteroatoms. The minimum absolute atomic E-state index is 0.318. The molecule has 1 fully saturated rings. The number of carbonyl (C=O) groups is 1. The first-order valence-corrected chi connectivity index (χ1v) is 5.56. The summed E-state index contributed by atoms with van der Waals surface area (Å²) in [5.74, 6) is 1.15. The molecule has 0 aliphatic carbocycles. The van der Waals surface area contributed by atoms with Crippen LogP contribution in [-0.2, 0) is 4.74 Å². The van der Waals surface area contributed by atoms with Crippen molar-refractivity contribution in [2.45, 2.75) is 33.3 Å². The highest BCUT2D eigenvalue weighted by atomic mass is 16.6. The van der Waals surface area contributed by atoms with Gasteiger partial charge in [-0.3, -0.25) is 0 Å². The molecule has 1 rings (SSSR count). The third-order valence-electron chi connectivity index (χ3n) is 2.59. The maximum absolute atomic E-state index is 11.4. The summed E-state index contributed by atoms with van der Waals surface area (Å²) >= 11 is 0. The van der Waals surface area contributed by atoms with E-state index < -0.39 is 5.60 Å². The molecule has 0 aromatic heterocycles. The smallest absolute Gasteiger partial charge is 0.407 e. The zero-order chi connectivity index (χ0) is 11.5. The van der Waals surface area contributed by atoms with Crippen LogP contribution in [0.2, 0.25) is 0 Å². The summed E-state index contributed by atoms with van der Waals surface area (Å²) in [4.78, 5) is 11.4. The van der Waals surface area contributed by atoms with E-state index in [1.165, 1.54) is 0 Å². The van der Waals surface area contributed by atoms with E-state index in [2.05, 4.69) is 17.6 Å². The summed E-state index contributed by atoms with van der Waals surface area (Å²) in [5.41, 5.74) is -0.413. The Labute approximate surface area is 91.8 Å². The standard InChI is InChI=1S/C11H22N2O2/c1-8-5-12-6-9(8)7-13-10(14)15-11(2,3)4/h8-9,12H,5-7H2,1-4H3,(H,13,14)/t8?,9-/m1/s1. The van der Waals surface area contributed by atoms with E-state index in [0.29, 0.717) is 18.4 Å². The van der Waals surface area contributed by atoms with Crippen LogP contribution in [-0.4, -0.2) is 31.3 Å². The first kappa shape index (κ1) is 12.3. The van der Waals surface area contributed by atoms with Gasteiger partial charge in [-0.1, -0.05) is 6.92 Å². The van der Waals surface area contributed by atoms with Crippen LogP contribution in [0.4, 0.5) is 4.79 Å². The molecule has 0 bridgehead atoms. The first-order valence-electron chi connectivity index (χ1n) is 5.56. The molecule has 15 heavy (non-hydrogen) atoms. The summed E-state index contributed by atoms with van der Waals surface area (Å²) < 4.78 is 5.16. The average molecular weight is 214 g/mol. The molecule has 0 radical (unpaired) electrons. The molecule has 88 valence electrons. The van der Waals surface area contributed by atoms with Crippen molar-refractivity contribution in [3.05, 3.63) is 0 Å². The summed E-state index contributed by atoms with van der Waals surface area (Å²) in [6.07, 6.45) is -0.318. The van der Waals surface area contributed by atoms with E-state index >= 15 is 0 Å². The third kappa shape index (κ3) is 4.51. The Morgan fingerprint density at radius 3 is 2.60 bits per heavy atom. The summed E-state index contributed by atoms with van der Waals surface area (Å²) in [6, 6.07) is 0. The van der Waals surface area contributed by atoms with Crippen molar-refractivity contribution < 1.29 is 9.53 Å². The van der Waals surface area contributed by atoms with Crippen LogP contribution in [0.1, 0.15) is 27.7 Å². The van der Waals surface area contributed by atoms with Crippen LogP contribution in [0.15, 0.2) is 0 Å². The van der Waals surface area contributed by atoms with Gasteiger partial charge in [-0.15, -0.1) is 0 Å².